The molecule has 5 rings (SSSR count). The largest absolute Gasteiger partial charge is 0.447 e. The van der Waals surface area contributed by atoms with E-state index in [9.17, 15) is 13.6 Å². The summed E-state index contributed by atoms with van der Waals surface area (Å²) in [4.78, 5) is 23.9. The number of halogens is 2. The lowest BCUT2D eigenvalue weighted by atomic mass is 9.97. The van der Waals surface area contributed by atoms with Crippen LogP contribution in [0.25, 0.3) is 10.9 Å². The molecule has 0 bridgehead atoms. The normalized spacial score (nSPS) is 16.4. The number of anilines is 2. The molecule has 0 radical (unpaired) electrons. The zero-order valence-electron chi connectivity index (χ0n) is 15.5. The molecule has 0 aliphatic carbocycles. The molecule has 148 valence electrons. The smallest absolute Gasteiger partial charge is 0.414 e. The number of fused-ring (bicyclic) bond motifs is 2. The Hall–Kier alpha value is -3.29. The highest BCUT2D eigenvalue weighted by Gasteiger charge is 2.29. The first-order valence-corrected chi connectivity index (χ1v) is 9.46. The average Bonchev–Trinajstić information content (AvgIpc) is 3.17. The third kappa shape index (κ3) is 3.04. The number of hydrogen-bond acceptors (Lipinski definition) is 5. The molecule has 1 aromatic heterocycles. The van der Waals surface area contributed by atoms with Crippen LogP contribution in [0.2, 0.25) is 0 Å². The summed E-state index contributed by atoms with van der Waals surface area (Å²) in [6.45, 7) is 2.05. The number of hydrogen-bond donors (Lipinski definition) is 0. The van der Waals surface area contributed by atoms with Crippen molar-refractivity contribution in [2.75, 3.05) is 29.5 Å². The molecule has 1 saturated heterocycles. The lowest BCUT2D eigenvalue weighted by molar-refractivity contribution is 0.141. The van der Waals surface area contributed by atoms with Crippen molar-refractivity contribution in [3.8, 4) is 0 Å². The Morgan fingerprint density at radius 3 is 2.69 bits per heavy atom. The molecule has 8 heteroatoms. The molecule has 0 atom stereocenters. The highest BCUT2D eigenvalue weighted by molar-refractivity contribution is 5.91. The van der Waals surface area contributed by atoms with Crippen molar-refractivity contribution in [2.45, 2.75) is 19.4 Å². The first kappa shape index (κ1) is 17.8. The van der Waals surface area contributed by atoms with E-state index < -0.39 is 12.2 Å². The Kier molecular flexibility index (Phi) is 4.26. The molecule has 0 N–H and O–H groups in total. The molecule has 2 aliphatic rings. The van der Waals surface area contributed by atoms with E-state index in [1.165, 1.54) is 0 Å². The van der Waals surface area contributed by atoms with Crippen LogP contribution >= 0.6 is 0 Å². The van der Waals surface area contributed by atoms with Crippen LogP contribution in [0.4, 0.5) is 25.1 Å². The number of rotatable bonds is 3. The Balaban J connectivity index is 1.54. The van der Waals surface area contributed by atoms with Crippen molar-refractivity contribution in [3.05, 3.63) is 59.4 Å². The minimum absolute atomic E-state index is 0.329. The quantitative estimate of drug-likeness (QED) is 0.668. The van der Waals surface area contributed by atoms with E-state index in [0.29, 0.717) is 44.0 Å². The fourth-order valence-electron chi connectivity index (χ4n) is 4.05. The Labute approximate surface area is 165 Å². The van der Waals surface area contributed by atoms with Crippen LogP contribution in [0.15, 0.2) is 42.5 Å². The first-order valence-electron chi connectivity index (χ1n) is 9.46. The average molecular weight is 396 g/mol. The highest BCUT2D eigenvalue weighted by Crippen LogP contribution is 2.34. The maximum absolute atomic E-state index is 13.4. The molecule has 3 heterocycles. The number of carbonyl (C=O) groups is 1. The molecule has 0 spiro atoms. The van der Waals surface area contributed by atoms with Crippen molar-refractivity contribution in [1.82, 2.24) is 9.97 Å². The highest BCUT2D eigenvalue weighted by atomic mass is 19.3. The van der Waals surface area contributed by atoms with Gasteiger partial charge in [-0.05, 0) is 35.7 Å². The fourth-order valence-corrected chi connectivity index (χ4v) is 4.05. The molecule has 29 heavy (non-hydrogen) atoms. The van der Waals surface area contributed by atoms with Gasteiger partial charge in [-0.15, -0.1) is 0 Å². The van der Waals surface area contributed by atoms with Crippen molar-refractivity contribution in [1.29, 1.82) is 0 Å². The molecule has 6 nitrogen and oxygen atoms in total. The maximum atomic E-state index is 13.4. The Morgan fingerprint density at radius 2 is 1.90 bits per heavy atom. The molecule has 1 fully saturated rings. The van der Waals surface area contributed by atoms with Gasteiger partial charge in [0.25, 0.3) is 6.43 Å². The topological polar surface area (TPSA) is 58.6 Å². The second-order valence-corrected chi connectivity index (χ2v) is 7.08. The van der Waals surface area contributed by atoms with Crippen LogP contribution in [-0.4, -0.2) is 35.8 Å². The number of para-hydroxylation sites is 1. The van der Waals surface area contributed by atoms with Crippen molar-refractivity contribution in [2.24, 2.45) is 0 Å². The lowest BCUT2D eigenvalue weighted by Gasteiger charge is -2.32. The lowest BCUT2D eigenvalue weighted by Crippen LogP contribution is -2.33. The van der Waals surface area contributed by atoms with Crippen LogP contribution in [0.5, 0.6) is 0 Å². The third-order valence-corrected chi connectivity index (χ3v) is 5.39. The number of ether oxygens (including phenoxy) is 1. The number of cyclic esters (lactones) is 1. The summed E-state index contributed by atoms with van der Waals surface area (Å²) in [5.74, 6) is 0.0561. The Morgan fingerprint density at radius 1 is 1.03 bits per heavy atom. The monoisotopic (exact) mass is 396 g/mol. The standard InChI is InChI=1S/C21H18F2N4O2/c22-18(23)19-24-16-6-2-1-5-15(16)20(25-19)26-9-8-14-13(12-26)4-3-7-17(14)27-10-11-29-21(27)28/h1-7,18H,8-12H2. The number of carbonyl (C=O) groups excluding carboxylic acids is 1. The van der Waals surface area contributed by atoms with E-state index >= 15 is 0 Å². The van der Waals surface area contributed by atoms with Gasteiger partial charge in [-0.3, -0.25) is 4.90 Å². The van der Waals surface area contributed by atoms with Crippen molar-refractivity contribution in [3.63, 3.8) is 0 Å². The van der Waals surface area contributed by atoms with Gasteiger partial charge in [0.2, 0.25) is 0 Å². The summed E-state index contributed by atoms with van der Waals surface area (Å²) < 4.78 is 31.8. The van der Waals surface area contributed by atoms with Crippen LogP contribution < -0.4 is 9.80 Å². The van der Waals surface area contributed by atoms with Gasteiger partial charge in [-0.2, -0.15) is 0 Å². The third-order valence-electron chi connectivity index (χ3n) is 5.39. The SMILES string of the molecule is O=C1OCCN1c1cccc2c1CCN(c1nc(C(F)F)nc3ccccc13)C2. The Bertz CT molecular complexity index is 1110. The molecule has 3 aromatic rings. The van der Waals surface area contributed by atoms with Gasteiger partial charge < -0.3 is 9.64 Å². The van der Waals surface area contributed by atoms with E-state index in [2.05, 4.69) is 9.97 Å². The predicted octanol–water partition coefficient (Wildman–Crippen LogP) is 4.09. The van der Waals surface area contributed by atoms with E-state index in [4.69, 9.17) is 4.74 Å². The minimum Gasteiger partial charge on any atom is -0.447 e. The van der Waals surface area contributed by atoms with Gasteiger partial charge in [0.15, 0.2) is 5.82 Å². The summed E-state index contributed by atoms with van der Waals surface area (Å²) >= 11 is 0. The number of benzene rings is 2. The molecule has 2 aromatic carbocycles. The molecule has 1 amide bonds. The molecule has 0 saturated carbocycles. The van der Waals surface area contributed by atoms with Crippen LogP contribution in [-0.2, 0) is 17.7 Å². The van der Waals surface area contributed by atoms with Crippen LogP contribution in [0.1, 0.15) is 23.4 Å². The zero-order valence-corrected chi connectivity index (χ0v) is 15.5. The number of amides is 1. The first-order chi connectivity index (χ1) is 14.1. The maximum Gasteiger partial charge on any atom is 0.414 e. The van der Waals surface area contributed by atoms with Crippen LogP contribution in [0.3, 0.4) is 0 Å². The van der Waals surface area contributed by atoms with E-state index in [1.54, 1.807) is 17.0 Å². The summed E-state index contributed by atoms with van der Waals surface area (Å²) in [5.41, 5.74) is 3.52. The number of aromatic nitrogens is 2. The summed E-state index contributed by atoms with van der Waals surface area (Å²) in [6.07, 6.45) is -2.38. The van der Waals surface area contributed by atoms with Gasteiger partial charge in [0, 0.05) is 18.5 Å². The number of alkyl halides is 2. The summed E-state index contributed by atoms with van der Waals surface area (Å²) in [5, 5.41) is 0.750. The predicted molar refractivity (Wildman–Crippen MR) is 104 cm³/mol. The molecule has 0 unspecified atom stereocenters. The van der Waals surface area contributed by atoms with Crippen molar-refractivity contribution >= 4 is 28.5 Å². The summed E-state index contributed by atoms with van der Waals surface area (Å²) in [7, 11) is 0. The molecular formula is C21H18F2N4O2. The van der Waals surface area contributed by atoms with Gasteiger partial charge >= 0.3 is 6.09 Å². The molecular weight excluding hydrogens is 378 g/mol. The molecule has 2 aliphatic heterocycles. The van der Waals surface area contributed by atoms with E-state index in [0.717, 1.165) is 22.2 Å². The fraction of sp³-hybridized carbons (Fsp3) is 0.286. The summed E-state index contributed by atoms with van der Waals surface area (Å²) in [6, 6.07) is 13.0. The number of nitrogens with zero attached hydrogens (tertiary/aromatic N) is 4. The van der Waals surface area contributed by atoms with Gasteiger partial charge in [-0.1, -0.05) is 24.3 Å². The minimum atomic E-state index is -2.73. The van der Waals surface area contributed by atoms with Gasteiger partial charge in [0.1, 0.15) is 12.4 Å². The van der Waals surface area contributed by atoms with E-state index in [1.807, 2.05) is 35.2 Å². The van der Waals surface area contributed by atoms with Crippen molar-refractivity contribution < 1.29 is 18.3 Å². The van der Waals surface area contributed by atoms with Gasteiger partial charge in [0.05, 0.1) is 17.7 Å². The van der Waals surface area contributed by atoms with Crippen LogP contribution in [0, 0.1) is 0 Å². The van der Waals surface area contributed by atoms with Gasteiger partial charge in [-0.25, -0.2) is 23.5 Å². The zero-order chi connectivity index (χ0) is 20.0. The second kappa shape index (κ2) is 6.95. The van der Waals surface area contributed by atoms with E-state index in [-0.39, 0.29) is 6.09 Å². The second-order valence-electron chi connectivity index (χ2n) is 7.08.